The number of carbonyl (C=O) groups is 1. The summed E-state index contributed by atoms with van der Waals surface area (Å²) in [6, 6.07) is 6.17. The Bertz CT molecular complexity index is 842. The summed E-state index contributed by atoms with van der Waals surface area (Å²) in [6.45, 7) is 1.15. The second-order valence-electron chi connectivity index (χ2n) is 8.30. The van der Waals surface area contributed by atoms with Gasteiger partial charge in [-0.2, -0.15) is 9.41 Å². The van der Waals surface area contributed by atoms with Gasteiger partial charge < -0.3 is 0 Å². The van der Waals surface area contributed by atoms with E-state index in [1.165, 1.54) is 48.5 Å². The number of nitrogens with one attached hydrogen (secondary N) is 1. The predicted molar refractivity (Wildman–Crippen MR) is 109 cm³/mol. The molecule has 0 aromatic heterocycles. The molecule has 0 bridgehead atoms. The Hall–Kier alpha value is -1.73. The van der Waals surface area contributed by atoms with E-state index < -0.39 is 10.0 Å². The highest BCUT2D eigenvalue weighted by Gasteiger charge is 2.30. The zero-order valence-corrected chi connectivity index (χ0v) is 17.1. The number of rotatable bonds is 4. The molecule has 3 fully saturated rings. The maximum atomic E-state index is 12.6. The van der Waals surface area contributed by atoms with Crippen molar-refractivity contribution < 1.29 is 13.2 Å². The Kier molecular flexibility index (Phi) is 5.83. The fourth-order valence-electron chi connectivity index (χ4n) is 4.84. The summed E-state index contributed by atoms with van der Waals surface area (Å²) in [7, 11) is -3.45. The molecule has 1 saturated heterocycles. The van der Waals surface area contributed by atoms with Gasteiger partial charge in [0.05, 0.1) is 4.90 Å². The van der Waals surface area contributed by atoms with Crippen molar-refractivity contribution in [2.24, 2.45) is 16.9 Å². The number of fused-ring (bicyclic) bond motifs is 1. The Morgan fingerprint density at radius 2 is 1.64 bits per heavy atom. The molecule has 28 heavy (non-hydrogen) atoms. The highest BCUT2D eigenvalue weighted by Crippen LogP contribution is 2.39. The molecule has 152 valence electrons. The zero-order chi connectivity index (χ0) is 19.6. The first kappa shape index (κ1) is 19.6. The Balaban J connectivity index is 1.37. The van der Waals surface area contributed by atoms with Crippen LogP contribution in [0.4, 0.5) is 0 Å². The van der Waals surface area contributed by atoms with Crippen LogP contribution < -0.4 is 5.43 Å². The minimum absolute atomic E-state index is 0.243. The van der Waals surface area contributed by atoms with Crippen LogP contribution in [0.2, 0.25) is 0 Å². The number of hydrogen-bond acceptors (Lipinski definition) is 4. The van der Waals surface area contributed by atoms with Gasteiger partial charge >= 0.3 is 0 Å². The molecular formula is C21H29N3O3S. The van der Waals surface area contributed by atoms with Gasteiger partial charge in [-0.3, -0.25) is 4.79 Å². The van der Waals surface area contributed by atoms with Gasteiger partial charge in [0.25, 0.3) is 5.91 Å². The highest BCUT2D eigenvalue weighted by molar-refractivity contribution is 7.89. The monoisotopic (exact) mass is 403 g/mol. The number of hydrazone groups is 1. The van der Waals surface area contributed by atoms with E-state index >= 15 is 0 Å². The van der Waals surface area contributed by atoms with Gasteiger partial charge in [-0.25, -0.2) is 13.8 Å². The van der Waals surface area contributed by atoms with Crippen molar-refractivity contribution in [3.8, 4) is 0 Å². The van der Waals surface area contributed by atoms with Crippen molar-refractivity contribution >= 4 is 21.6 Å². The molecular weight excluding hydrogens is 374 g/mol. The molecule has 0 spiro atoms. The lowest BCUT2D eigenvalue weighted by atomic mass is 9.70. The predicted octanol–water partition coefficient (Wildman–Crippen LogP) is 3.55. The molecule has 2 atom stereocenters. The third kappa shape index (κ3) is 4.15. The highest BCUT2D eigenvalue weighted by atomic mass is 32.2. The van der Waals surface area contributed by atoms with Gasteiger partial charge in [-0.05, 0) is 74.6 Å². The molecule has 7 heteroatoms. The maximum Gasteiger partial charge on any atom is 0.271 e. The molecule has 6 nitrogen and oxygen atoms in total. The smallest absolute Gasteiger partial charge is 0.267 e. The fourth-order valence-corrected chi connectivity index (χ4v) is 6.36. The van der Waals surface area contributed by atoms with Crippen LogP contribution in [0.25, 0.3) is 0 Å². The number of nitrogens with zero attached hydrogens (tertiary/aromatic N) is 2. The average molecular weight is 404 g/mol. The summed E-state index contributed by atoms with van der Waals surface area (Å²) in [4.78, 5) is 12.7. The molecule has 3 aliphatic rings. The standard InChI is InChI=1S/C21H29N3O3S/c25-21(23-22-19-10-7-16-5-1-2-6-18(16)15-19)17-8-11-20(12-9-17)28(26,27)24-13-3-4-14-24/h8-9,11-12,16,18H,1-7,10,13-15H2,(H,23,25)/b22-19+/t16-,18+/m0/s1. The quantitative estimate of drug-likeness (QED) is 0.781. The number of hydrogen-bond donors (Lipinski definition) is 1. The van der Waals surface area contributed by atoms with Crippen molar-refractivity contribution in [3.63, 3.8) is 0 Å². The van der Waals surface area contributed by atoms with Crippen LogP contribution in [0.5, 0.6) is 0 Å². The molecule has 2 saturated carbocycles. The third-order valence-electron chi connectivity index (χ3n) is 6.50. The van der Waals surface area contributed by atoms with Gasteiger partial charge in [0.2, 0.25) is 10.0 Å². The Morgan fingerprint density at radius 3 is 2.36 bits per heavy atom. The molecule has 4 rings (SSSR count). The van der Waals surface area contributed by atoms with Crippen LogP contribution in [0, 0.1) is 11.8 Å². The van der Waals surface area contributed by atoms with Gasteiger partial charge in [-0.1, -0.05) is 19.3 Å². The van der Waals surface area contributed by atoms with E-state index in [-0.39, 0.29) is 10.8 Å². The number of amides is 1. The second kappa shape index (κ2) is 8.33. The first-order valence-electron chi connectivity index (χ1n) is 10.5. The second-order valence-corrected chi connectivity index (χ2v) is 10.2. The van der Waals surface area contributed by atoms with E-state index in [9.17, 15) is 13.2 Å². The molecule has 1 aliphatic heterocycles. The Labute approximate surface area is 167 Å². The minimum Gasteiger partial charge on any atom is -0.267 e. The molecule has 1 heterocycles. The van der Waals surface area contributed by atoms with Gasteiger partial charge in [0.1, 0.15) is 0 Å². The van der Waals surface area contributed by atoms with Crippen LogP contribution in [0.15, 0.2) is 34.3 Å². The lowest BCUT2D eigenvalue weighted by Gasteiger charge is -2.35. The lowest BCUT2D eigenvalue weighted by Crippen LogP contribution is -2.30. The SMILES string of the molecule is O=C(N/N=C1\CC[C@@H]2CCCC[C@@H]2C1)c1ccc(S(=O)(=O)N2CCCC2)cc1. The summed E-state index contributed by atoms with van der Waals surface area (Å²) in [6.07, 6.45) is 10.3. The van der Waals surface area contributed by atoms with Crippen molar-refractivity contribution in [2.45, 2.75) is 62.7 Å². The topological polar surface area (TPSA) is 78.8 Å². The van der Waals surface area contributed by atoms with E-state index in [0.29, 0.717) is 18.7 Å². The van der Waals surface area contributed by atoms with Crippen LogP contribution >= 0.6 is 0 Å². The summed E-state index contributed by atoms with van der Waals surface area (Å²) in [5.74, 6) is 1.28. The van der Waals surface area contributed by atoms with E-state index in [1.807, 2.05) is 0 Å². The fraction of sp³-hybridized carbons (Fsp3) is 0.619. The molecule has 1 aromatic carbocycles. The van der Waals surface area contributed by atoms with Crippen LogP contribution in [0.1, 0.15) is 68.1 Å². The number of benzene rings is 1. The minimum atomic E-state index is -3.45. The van der Waals surface area contributed by atoms with E-state index in [2.05, 4.69) is 10.5 Å². The van der Waals surface area contributed by atoms with Gasteiger partial charge in [0.15, 0.2) is 0 Å². The molecule has 2 aliphatic carbocycles. The van der Waals surface area contributed by atoms with Crippen LogP contribution in [-0.4, -0.2) is 37.4 Å². The first-order valence-corrected chi connectivity index (χ1v) is 11.9. The van der Waals surface area contributed by atoms with Gasteiger partial charge in [0, 0.05) is 24.4 Å². The summed E-state index contributed by atoms with van der Waals surface area (Å²) >= 11 is 0. The molecule has 0 radical (unpaired) electrons. The van der Waals surface area contributed by atoms with Crippen molar-refractivity contribution in [1.82, 2.24) is 9.73 Å². The van der Waals surface area contributed by atoms with E-state index in [4.69, 9.17) is 0 Å². The van der Waals surface area contributed by atoms with E-state index in [0.717, 1.165) is 43.2 Å². The van der Waals surface area contributed by atoms with Crippen LogP contribution in [0.3, 0.4) is 0 Å². The largest absolute Gasteiger partial charge is 0.271 e. The number of carbonyl (C=O) groups excluding carboxylic acids is 1. The van der Waals surface area contributed by atoms with Crippen molar-refractivity contribution in [3.05, 3.63) is 29.8 Å². The normalized spacial score (nSPS) is 27.5. The summed E-state index contributed by atoms with van der Waals surface area (Å²) in [5, 5.41) is 4.38. The summed E-state index contributed by atoms with van der Waals surface area (Å²) < 4.78 is 26.6. The molecule has 0 unspecified atom stereocenters. The zero-order valence-electron chi connectivity index (χ0n) is 16.3. The average Bonchev–Trinajstić information content (AvgIpc) is 3.28. The molecule has 1 amide bonds. The van der Waals surface area contributed by atoms with Crippen LogP contribution in [-0.2, 0) is 10.0 Å². The third-order valence-corrected chi connectivity index (χ3v) is 8.42. The maximum absolute atomic E-state index is 12.6. The van der Waals surface area contributed by atoms with Crippen molar-refractivity contribution in [1.29, 1.82) is 0 Å². The first-order chi connectivity index (χ1) is 13.5. The Morgan fingerprint density at radius 1 is 0.964 bits per heavy atom. The van der Waals surface area contributed by atoms with Gasteiger partial charge in [-0.15, -0.1) is 0 Å². The summed E-state index contributed by atoms with van der Waals surface area (Å²) in [5.41, 5.74) is 4.18. The van der Waals surface area contributed by atoms with E-state index in [1.54, 1.807) is 12.1 Å². The lowest BCUT2D eigenvalue weighted by molar-refractivity contribution is 0.0954. The van der Waals surface area contributed by atoms with Crippen molar-refractivity contribution in [2.75, 3.05) is 13.1 Å². The molecule has 1 N–H and O–H groups in total. The molecule has 1 aromatic rings. The number of sulfonamides is 1.